The number of carbonyl (C=O) groups is 3. The monoisotopic (exact) mass is 321 g/mol. The minimum atomic E-state index is -0.586. The van der Waals surface area contributed by atoms with Crippen molar-refractivity contribution >= 4 is 17.8 Å². The highest BCUT2D eigenvalue weighted by molar-refractivity contribution is 6.21. The molecule has 24 heavy (non-hydrogen) atoms. The number of imide groups is 1. The molecule has 2 aromatic rings. The van der Waals surface area contributed by atoms with E-state index in [0.717, 1.165) is 11.1 Å². The standard InChI is InChI=1S/C19H15NO4/c1-11(21)24-16-10-12-6-2-3-7-13(12)17(16)20-18(22)14-8-4-5-9-15(14)19(20)23/h2-9,16-17H,10H2,1H3/t16-,17-/m1/s1. The Hall–Kier alpha value is -2.95. The molecule has 2 aliphatic rings. The summed E-state index contributed by atoms with van der Waals surface area (Å²) in [5.74, 6) is -1.10. The summed E-state index contributed by atoms with van der Waals surface area (Å²) in [6.07, 6.45) is -0.0597. The first-order valence-corrected chi connectivity index (χ1v) is 7.80. The lowest BCUT2D eigenvalue weighted by atomic mass is 10.1. The fourth-order valence-corrected chi connectivity index (χ4v) is 3.62. The van der Waals surface area contributed by atoms with Crippen LogP contribution in [0.25, 0.3) is 0 Å². The smallest absolute Gasteiger partial charge is 0.302 e. The van der Waals surface area contributed by atoms with Gasteiger partial charge in [0.25, 0.3) is 11.8 Å². The van der Waals surface area contributed by atoms with E-state index in [1.807, 2.05) is 24.3 Å². The molecule has 0 radical (unpaired) electrons. The average molecular weight is 321 g/mol. The Morgan fingerprint density at radius 3 is 2.21 bits per heavy atom. The number of hydrogen-bond acceptors (Lipinski definition) is 4. The number of benzene rings is 2. The van der Waals surface area contributed by atoms with Crippen LogP contribution in [0.2, 0.25) is 0 Å². The van der Waals surface area contributed by atoms with E-state index in [-0.39, 0.29) is 11.8 Å². The minimum Gasteiger partial charge on any atom is -0.460 e. The maximum absolute atomic E-state index is 12.8. The van der Waals surface area contributed by atoms with Gasteiger partial charge in [-0.1, -0.05) is 36.4 Å². The number of ether oxygens (including phenoxy) is 1. The van der Waals surface area contributed by atoms with Gasteiger partial charge in [-0.05, 0) is 23.3 Å². The fourth-order valence-electron chi connectivity index (χ4n) is 3.62. The summed E-state index contributed by atoms with van der Waals surface area (Å²) >= 11 is 0. The van der Waals surface area contributed by atoms with E-state index in [2.05, 4.69) is 0 Å². The molecule has 1 heterocycles. The molecule has 120 valence electrons. The zero-order chi connectivity index (χ0) is 16.8. The third kappa shape index (κ3) is 2.05. The molecule has 0 spiro atoms. The van der Waals surface area contributed by atoms with Crippen molar-refractivity contribution in [2.75, 3.05) is 0 Å². The van der Waals surface area contributed by atoms with Crippen molar-refractivity contribution in [1.82, 2.24) is 4.90 Å². The zero-order valence-corrected chi connectivity index (χ0v) is 13.1. The summed E-state index contributed by atoms with van der Waals surface area (Å²) < 4.78 is 5.43. The molecule has 0 unspecified atom stereocenters. The molecular weight excluding hydrogens is 306 g/mol. The molecule has 2 aromatic carbocycles. The molecule has 0 aromatic heterocycles. The number of nitrogens with zero attached hydrogens (tertiary/aromatic N) is 1. The van der Waals surface area contributed by atoms with Gasteiger partial charge in [-0.25, -0.2) is 0 Å². The molecule has 1 aliphatic heterocycles. The second-order valence-electron chi connectivity index (χ2n) is 6.02. The first kappa shape index (κ1) is 14.6. The molecule has 0 N–H and O–H groups in total. The van der Waals surface area contributed by atoms with Gasteiger partial charge >= 0.3 is 5.97 Å². The van der Waals surface area contributed by atoms with Crippen LogP contribution in [0.3, 0.4) is 0 Å². The number of esters is 1. The fraction of sp³-hybridized carbons (Fsp3) is 0.211. The second-order valence-corrected chi connectivity index (χ2v) is 6.02. The van der Waals surface area contributed by atoms with Gasteiger partial charge in [0, 0.05) is 13.3 Å². The number of amides is 2. The van der Waals surface area contributed by atoms with Crippen LogP contribution in [0.15, 0.2) is 48.5 Å². The second kappa shape index (κ2) is 5.30. The van der Waals surface area contributed by atoms with E-state index in [9.17, 15) is 14.4 Å². The SMILES string of the molecule is CC(=O)O[C@@H]1Cc2ccccc2[C@H]1N1C(=O)c2ccccc2C1=O. The van der Waals surface area contributed by atoms with Crippen molar-refractivity contribution in [1.29, 1.82) is 0 Å². The topological polar surface area (TPSA) is 63.7 Å². The van der Waals surface area contributed by atoms with Crippen LogP contribution in [0.1, 0.15) is 44.8 Å². The van der Waals surface area contributed by atoms with Gasteiger partial charge in [0.15, 0.2) is 0 Å². The molecule has 0 saturated carbocycles. The molecule has 0 saturated heterocycles. The van der Waals surface area contributed by atoms with Crippen molar-refractivity contribution < 1.29 is 19.1 Å². The lowest BCUT2D eigenvalue weighted by Crippen LogP contribution is -2.40. The summed E-state index contributed by atoms with van der Waals surface area (Å²) in [7, 11) is 0. The molecule has 2 amide bonds. The summed E-state index contributed by atoms with van der Waals surface area (Å²) in [5.41, 5.74) is 2.64. The Kier molecular flexibility index (Phi) is 3.23. The maximum atomic E-state index is 12.8. The molecule has 5 nitrogen and oxygen atoms in total. The highest BCUT2D eigenvalue weighted by atomic mass is 16.5. The largest absolute Gasteiger partial charge is 0.460 e. The summed E-state index contributed by atoms with van der Waals surface area (Å²) in [6.45, 7) is 1.34. The molecule has 4 rings (SSSR count). The molecule has 0 fully saturated rings. The highest BCUT2D eigenvalue weighted by Crippen LogP contribution is 2.41. The number of rotatable bonds is 2. The van der Waals surface area contributed by atoms with Crippen LogP contribution in [0.5, 0.6) is 0 Å². The number of carbonyl (C=O) groups excluding carboxylic acids is 3. The molecule has 0 bridgehead atoms. The predicted octanol–water partition coefficient (Wildman–Crippen LogP) is 2.51. The normalized spacial score (nSPS) is 21.6. The zero-order valence-electron chi connectivity index (χ0n) is 13.1. The van der Waals surface area contributed by atoms with Crippen LogP contribution >= 0.6 is 0 Å². The maximum Gasteiger partial charge on any atom is 0.302 e. The van der Waals surface area contributed by atoms with Crippen LogP contribution in [-0.4, -0.2) is 28.8 Å². The Morgan fingerprint density at radius 1 is 1.00 bits per heavy atom. The van der Waals surface area contributed by atoms with Crippen molar-refractivity contribution in [2.45, 2.75) is 25.5 Å². The molecular formula is C19H15NO4. The Morgan fingerprint density at radius 2 is 1.58 bits per heavy atom. The van der Waals surface area contributed by atoms with Crippen molar-refractivity contribution in [3.63, 3.8) is 0 Å². The lowest BCUT2D eigenvalue weighted by Gasteiger charge is -2.28. The summed E-state index contributed by atoms with van der Waals surface area (Å²) in [5, 5.41) is 0. The lowest BCUT2D eigenvalue weighted by molar-refractivity contribution is -0.148. The predicted molar refractivity (Wildman–Crippen MR) is 85.4 cm³/mol. The van der Waals surface area contributed by atoms with E-state index >= 15 is 0 Å². The van der Waals surface area contributed by atoms with Gasteiger partial charge < -0.3 is 4.74 Å². The quantitative estimate of drug-likeness (QED) is 0.630. The summed E-state index contributed by atoms with van der Waals surface area (Å²) in [6, 6.07) is 13.8. The van der Waals surface area contributed by atoms with Crippen LogP contribution in [0, 0.1) is 0 Å². The van der Waals surface area contributed by atoms with Gasteiger partial charge in [0.05, 0.1) is 11.1 Å². The van der Waals surface area contributed by atoms with Crippen LogP contribution in [0.4, 0.5) is 0 Å². The summed E-state index contributed by atoms with van der Waals surface area (Å²) in [4.78, 5) is 38.3. The van der Waals surface area contributed by atoms with Gasteiger partial charge in [0.1, 0.15) is 12.1 Å². The minimum absolute atomic E-state index is 0.338. The van der Waals surface area contributed by atoms with Gasteiger partial charge in [0.2, 0.25) is 0 Å². The Balaban J connectivity index is 1.80. The van der Waals surface area contributed by atoms with Gasteiger partial charge in [-0.15, -0.1) is 0 Å². The van der Waals surface area contributed by atoms with Gasteiger partial charge in [-0.3, -0.25) is 19.3 Å². The van der Waals surface area contributed by atoms with E-state index in [0.29, 0.717) is 17.5 Å². The van der Waals surface area contributed by atoms with E-state index in [4.69, 9.17) is 4.74 Å². The van der Waals surface area contributed by atoms with Crippen molar-refractivity contribution in [3.05, 3.63) is 70.8 Å². The highest BCUT2D eigenvalue weighted by Gasteiger charge is 2.47. The molecule has 2 atom stereocenters. The molecule has 5 heteroatoms. The third-order valence-electron chi connectivity index (χ3n) is 4.57. The van der Waals surface area contributed by atoms with Gasteiger partial charge in [-0.2, -0.15) is 0 Å². The van der Waals surface area contributed by atoms with E-state index in [1.165, 1.54) is 11.8 Å². The average Bonchev–Trinajstić information content (AvgIpc) is 3.03. The number of fused-ring (bicyclic) bond motifs is 2. The van der Waals surface area contributed by atoms with Crippen molar-refractivity contribution in [3.8, 4) is 0 Å². The number of hydrogen-bond donors (Lipinski definition) is 0. The first-order valence-electron chi connectivity index (χ1n) is 7.80. The van der Waals surface area contributed by atoms with E-state index < -0.39 is 18.1 Å². The van der Waals surface area contributed by atoms with Crippen LogP contribution < -0.4 is 0 Å². The molecule has 1 aliphatic carbocycles. The van der Waals surface area contributed by atoms with E-state index in [1.54, 1.807) is 24.3 Å². The third-order valence-corrected chi connectivity index (χ3v) is 4.57. The first-order chi connectivity index (χ1) is 11.6. The van der Waals surface area contributed by atoms with Crippen LogP contribution in [-0.2, 0) is 16.0 Å². The van der Waals surface area contributed by atoms with Crippen molar-refractivity contribution in [2.24, 2.45) is 0 Å². The Bertz CT molecular complexity index is 838. The Labute approximate surface area is 138 Å².